The third-order valence-electron chi connectivity index (χ3n) is 3.32. The molecule has 0 unspecified atom stereocenters. The van der Waals surface area contributed by atoms with E-state index in [4.69, 9.17) is 19.3 Å². The number of carboxylic acid groups (broad SMARTS) is 1. The van der Waals surface area contributed by atoms with E-state index in [1.807, 2.05) is 18.2 Å². The molecule has 0 aliphatic carbocycles. The molecule has 0 atom stereocenters. The minimum absolute atomic E-state index is 0.185. The molecule has 0 aromatic heterocycles. The molecule has 0 radical (unpaired) electrons. The standard InChI is InChI=1S/C15H21NO5/c1-19-8-7-16(6-2-3-15(17)18)10-12-4-5-13-14(9-12)21-11-20-13/h4-5,9H,2-3,6-8,10-11H2,1H3,(H,17,18). The van der Waals surface area contributed by atoms with Crippen LogP contribution in [0.4, 0.5) is 0 Å². The topological polar surface area (TPSA) is 68.2 Å². The lowest BCUT2D eigenvalue weighted by Crippen LogP contribution is -2.28. The third-order valence-corrected chi connectivity index (χ3v) is 3.32. The number of aliphatic carboxylic acids is 1. The van der Waals surface area contributed by atoms with Gasteiger partial charge in [-0.2, -0.15) is 0 Å². The summed E-state index contributed by atoms with van der Waals surface area (Å²) in [5.74, 6) is 0.780. The van der Waals surface area contributed by atoms with Gasteiger partial charge in [-0.3, -0.25) is 9.69 Å². The first-order valence-corrected chi connectivity index (χ1v) is 7.00. The largest absolute Gasteiger partial charge is 0.481 e. The third kappa shape index (κ3) is 4.91. The second-order valence-electron chi connectivity index (χ2n) is 4.95. The van der Waals surface area contributed by atoms with Crippen molar-refractivity contribution in [2.24, 2.45) is 0 Å². The molecule has 1 aliphatic rings. The zero-order valence-electron chi connectivity index (χ0n) is 12.2. The number of hydrogen-bond donors (Lipinski definition) is 1. The molecule has 1 N–H and O–H groups in total. The summed E-state index contributed by atoms with van der Waals surface area (Å²) in [6.45, 7) is 3.12. The summed E-state index contributed by atoms with van der Waals surface area (Å²) in [5, 5.41) is 8.72. The summed E-state index contributed by atoms with van der Waals surface area (Å²) < 4.78 is 15.8. The summed E-state index contributed by atoms with van der Waals surface area (Å²) in [4.78, 5) is 12.8. The first kappa shape index (κ1) is 15.6. The van der Waals surface area contributed by atoms with Crippen molar-refractivity contribution in [3.8, 4) is 11.5 Å². The fraction of sp³-hybridized carbons (Fsp3) is 0.533. The number of carbonyl (C=O) groups is 1. The number of fused-ring (bicyclic) bond motifs is 1. The van der Waals surface area contributed by atoms with Crippen molar-refractivity contribution in [1.29, 1.82) is 0 Å². The molecule has 0 fully saturated rings. The maximum absolute atomic E-state index is 10.6. The van der Waals surface area contributed by atoms with E-state index in [0.29, 0.717) is 13.0 Å². The lowest BCUT2D eigenvalue weighted by molar-refractivity contribution is -0.137. The maximum atomic E-state index is 10.6. The number of benzene rings is 1. The van der Waals surface area contributed by atoms with Gasteiger partial charge in [-0.15, -0.1) is 0 Å². The predicted molar refractivity (Wildman–Crippen MR) is 76.6 cm³/mol. The van der Waals surface area contributed by atoms with Crippen molar-refractivity contribution in [2.75, 3.05) is 33.6 Å². The number of hydrogen-bond acceptors (Lipinski definition) is 5. The van der Waals surface area contributed by atoms with Crippen molar-refractivity contribution in [3.63, 3.8) is 0 Å². The fourth-order valence-electron chi connectivity index (χ4n) is 2.24. The van der Waals surface area contributed by atoms with Crippen molar-refractivity contribution < 1.29 is 24.1 Å². The van der Waals surface area contributed by atoms with Crippen LogP contribution in [0.15, 0.2) is 18.2 Å². The fourth-order valence-corrected chi connectivity index (χ4v) is 2.24. The van der Waals surface area contributed by atoms with E-state index in [1.54, 1.807) is 7.11 Å². The van der Waals surface area contributed by atoms with Crippen molar-refractivity contribution in [2.45, 2.75) is 19.4 Å². The summed E-state index contributed by atoms with van der Waals surface area (Å²) >= 11 is 0. The lowest BCUT2D eigenvalue weighted by atomic mass is 10.1. The Kier molecular flexibility index (Phi) is 5.83. The van der Waals surface area contributed by atoms with Crippen LogP contribution in [-0.4, -0.2) is 49.6 Å². The van der Waals surface area contributed by atoms with Gasteiger partial charge < -0.3 is 19.3 Å². The second kappa shape index (κ2) is 7.85. The summed E-state index contributed by atoms with van der Waals surface area (Å²) in [6, 6.07) is 5.88. The molecule has 1 aromatic rings. The normalized spacial score (nSPS) is 12.9. The molecule has 116 valence electrons. The van der Waals surface area contributed by atoms with E-state index in [9.17, 15) is 4.79 Å². The molecule has 0 amide bonds. The highest BCUT2D eigenvalue weighted by Gasteiger charge is 2.14. The quantitative estimate of drug-likeness (QED) is 0.748. The molecule has 21 heavy (non-hydrogen) atoms. The van der Waals surface area contributed by atoms with Gasteiger partial charge in [-0.25, -0.2) is 0 Å². The Morgan fingerprint density at radius 3 is 2.90 bits per heavy atom. The SMILES string of the molecule is COCCN(CCCC(=O)O)Cc1ccc2c(c1)OCO2. The highest BCUT2D eigenvalue weighted by Crippen LogP contribution is 2.32. The van der Waals surface area contributed by atoms with Crippen molar-refractivity contribution in [3.05, 3.63) is 23.8 Å². The van der Waals surface area contributed by atoms with E-state index >= 15 is 0 Å². The van der Waals surface area contributed by atoms with Gasteiger partial charge in [-0.1, -0.05) is 6.07 Å². The van der Waals surface area contributed by atoms with Crippen LogP contribution in [0.2, 0.25) is 0 Å². The van der Waals surface area contributed by atoms with Crippen LogP contribution in [-0.2, 0) is 16.1 Å². The molecule has 0 saturated heterocycles. The number of rotatable bonds is 9. The first-order valence-electron chi connectivity index (χ1n) is 7.00. The molecular weight excluding hydrogens is 274 g/mol. The smallest absolute Gasteiger partial charge is 0.303 e. The Morgan fingerprint density at radius 1 is 1.33 bits per heavy atom. The number of methoxy groups -OCH3 is 1. The molecule has 0 saturated carbocycles. The average molecular weight is 295 g/mol. The van der Waals surface area contributed by atoms with Gasteiger partial charge in [0.15, 0.2) is 11.5 Å². The minimum atomic E-state index is -0.759. The van der Waals surface area contributed by atoms with E-state index in [-0.39, 0.29) is 13.2 Å². The monoisotopic (exact) mass is 295 g/mol. The summed E-state index contributed by atoms with van der Waals surface area (Å²) in [5.41, 5.74) is 1.12. The Hall–Kier alpha value is -1.79. The molecular formula is C15H21NO5. The van der Waals surface area contributed by atoms with Crippen LogP contribution in [0.3, 0.4) is 0 Å². The molecule has 2 rings (SSSR count). The Bertz CT molecular complexity index is 477. The molecule has 6 nitrogen and oxygen atoms in total. The molecule has 1 aliphatic heterocycles. The van der Waals surface area contributed by atoms with E-state index in [1.165, 1.54) is 0 Å². The second-order valence-corrected chi connectivity index (χ2v) is 4.95. The number of ether oxygens (including phenoxy) is 3. The summed E-state index contributed by atoms with van der Waals surface area (Å²) in [7, 11) is 1.66. The van der Waals surface area contributed by atoms with Gasteiger partial charge in [-0.05, 0) is 30.7 Å². The first-order chi connectivity index (χ1) is 10.2. The maximum Gasteiger partial charge on any atom is 0.303 e. The van der Waals surface area contributed by atoms with Crippen molar-refractivity contribution >= 4 is 5.97 Å². The molecule has 0 bridgehead atoms. The van der Waals surface area contributed by atoms with E-state index in [0.717, 1.165) is 36.7 Å². The highest BCUT2D eigenvalue weighted by molar-refractivity contribution is 5.66. The zero-order chi connectivity index (χ0) is 15.1. The van der Waals surface area contributed by atoms with Gasteiger partial charge in [0.1, 0.15) is 0 Å². The van der Waals surface area contributed by atoms with E-state index < -0.39 is 5.97 Å². The minimum Gasteiger partial charge on any atom is -0.481 e. The molecule has 6 heteroatoms. The van der Waals surface area contributed by atoms with Gasteiger partial charge in [0, 0.05) is 26.6 Å². The van der Waals surface area contributed by atoms with Crippen LogP contribution in [0.25, 0.3) is 0 Å². The number of nitrogens with zero attached hydrogens (tertiary/aromatic N) is 1. The molecule has 1 heterocycles. The van der Waals surface area contributed by atoms with Crippen LogP contribution in [0.1, 0.15) is 18.4 Å². The Morgan fingerprint density at radius 2 is 2.14 bits per heavy atom. The Labute approximate surface area is 124 Å². The van der Waals surface area contributed by atoms with Crippen LogP contribution >= 0.6 is 0 Å². The predicted octanol–water partition coefficient (Wildman–Crippen LogP) is 1.73. The molecule has 1 aromatic carbocycles. The van der Waals surface area contributed by atoms with Gasteiger partial charge in [0.05, 0.1) is 6.61 Å². The van der Waals surface area contributed by atoms with Gasteiger partial charge in [0.25, 0.3) is 0 Å². The van der Waals surface area contributed by atoms with Gasteiger partial charge in [0.2, 0.25) is 6.79 Å². The Balaban J connectivity index is 1.91. The van der Waals surface area contributed by atoms with Crippen molar-refractivity contribution in [1.82, 2.24) is 4.90 Å². The van der Waals surface area contributed by atoms with E-state index in [2.05, 4.69) is 4.90 Å². The van der Waals surface area contributed by atoms with Crippen LogP contribution < -0.4 is 9.47 Å². The lowest BCUT2D eigenvalue weighted by Gasteiger charge is -2.21. The van der Waals surface area contributed by atoms with Crippen LogP contribution in [0.5, 0.6) is 11.5 Å². The number of carboxylic acids is 1. The molecule has 0 spiro atoms. The van der Waals surface area contributed by atoms with Crippen LogP contribution in [0, 0.1) is 0 Å². The highest BCUT2D eigenvalue weighted by atomic mass is 16.7. The average Bonchev–Trinajstić information content (AvgIpc) is 2.91. The zero-order valence-corrected chi connectivity index (χ0v) is 12.2. The summed E-state index contributed by atoms with van der Waals surface area (Å²) in [6.07, 6.45) is 0.814. The van der Waals surface area contributed by atoms with Gasteiger partial charge >= 0.3 is 5.97 Å².